The van der Waals surface area contributed by atoms with Gasteiger partial charge in [-0.25, -0.2) is 13.4 Å². The number of rotatable bonds is 4. The number of nitrogens with one attached hydrogen (secondary N) is 1. The molecule has 0 unspecified atom stereocenters. The van der Waals surface area contributed by atoms with Crippen LogP contribution in [0.3, 0.4) is 0 Å². The average Bonchev–Trinajstić information content (AvgIpc) is 2.93. The van der Waals surface area contributed by atoms with Crippen LogP contribution in [0, 0.1) is 0 Å². The van der Waals surface area contributed by atoms with Crippen LogP contribution in [0.4, 0.5) is 0 Å². The highest BCUT2D eigenvalue weighted by Crippen LogP contribution is 2.31. The molecule has 6 nitrogen and oxygen atoms in total. The first-order chi connectivity index (χ1) is 11.9. The number of aromatic nitrogens is 1. The number of nitrogens with zero attached hydrogens (tertiary/aromatic N) is 1. The Balaban J connectivity index is 1.90. The summed E-state index contributed by atoms with van der Waals surface area (Å²) in [6.45, 7) is 0. The van der Waals surface area contributed by atoms with E-state index in [1.807, 2.05) is 30.3 Å². The van der Waals surface area contributed by atoms with E-state index in [-0.39, 0.29) is 17.2 Å². The van der Waals surface area contributed by atoms with Crippen molar-refractivity contribution >= 4 is 27.3 Å². The summed E-state index contributed by atoms with van der Waals surface area (Å²) < 4.78 is 28.1. The van der Waals surface area contributed by atoms with Gasteiger partial charge < -0.3 is 10.1 Å². The lowest BCUT2D eigenvalue weighted by molar-refractivity contribution is 0.0944. The smallest absolute Gasteiger partial charge is 0.257 e. The minimum atomic E-state index is -3.26. The zero-order valence-electron chi connectivity index (χ0n) is 13.3. The molecule has 0 aliphatic carbocycles. The Morgan fingerprint density at radius 2 is 2.04 bits per heavy atom. The molecule has 0 saturated carbocycles. The summed E-state index contributed by atoms with van der Waals surface area (Å²) in [6.07, 6.45) is 1.44. The van der Waals surface area contributed by atoms with Gasteiger partial charge in [0, 0.05) is 11.0 Å². The molecule has 25 heavy (non-hydrogen) atoms. The predicted octanol–water partition coefficient (Wildman–Crippen LogP) is 2.45. The van der Waals surface area contributed by atoms with Crippen molar-refractivity contribution in [2.75, 3.05) is 12.9 Å². The first-order valence-corrected chi connectivity index (χ1v) is 9.51. The normalized spacial score (nSPS) is 18.1. The third-order valence-electron chi connectivity index (χ3n) is 3.67. The third-order valence-corrected chi connectivity index (χ3v) is 5.36. The van der Waals surface area contributed by atoms with Gasteiger partial charge in [0.05, 0.1) is 29.6 Å². The van der Waals surface area contributed by atoms with Crippen LogP contribution in [-0.4, -0.2) is 38.2 Å². The standard InChI is InChI=1S/C17H15ClN2O4S/c1-24-17-13(16(21)19-12-7-8-25(22,23)10-12)9-14(18)15(20-17)11-5-3-2-4-6-11/h2-9,12H,10H2,1H3,(H,19,21)/t12-/m1/s1. The van der Waals surface area contributed by atoms with Gasteiger partial charge in [0.1, 0.15) is 5.56 Å². The molecule has 0 radical (unpaired) electrons. The molecule has 8 heteroatoms. The minimum Gasteiger partial charge on any atom is -0.480 e. The first-order valence-electron chi connectivity index (χ1n) is 7.41. The Morgan fingerprint density at radius 1 is 1.32 bits per heavy atom. The van der Waals surface area contributed by atoms with Crippen molar-refractivity contribution in [3.05, 3.63) is 58.5 Å². The highest BCUT2D eigenvalue weighted by Gasteiger charge is 2.25. The molecule has 0 spiro atoms. The molecule has 1 atom stereocenters. The number of carbonyl (C=O) groups is 1. The molecule has 3 rings (SSSR count). The van der Waals surface area contributed by atoms with Crippen LogP contribution >= 0.6 is 11.6 Å². The van der Waals surface area contributed by atoms with Gasteiger partial charge in [-0.15, -0.1) is 0 Å². The average molecular weight is 379 g/mol. The number of methoxy groups -OCH3 is 1. The van der Waals surface area contributed by atoms with E-state index in [1.54, 1.807) is 0 Å². The van der Waals surface area contributed by atoms with Crippen molar-refractivity contribution in [2.45, 2.75) is 6.04 Å². The molecule has 0 saturated heterocycles. The molecule has 1 aliphatic rings. The molecule has 2 aromatic rings. The maximum Gasteiger partial charge on any atom is 0.257 e. The second-order valence-electron chi connectivity index (χ2n) is 5.48. The molecular formula is C17H15ClN2O4S. The molecule has 1 aliphatic heterocycles. The van der Waals surface area contributed by atoms with Gasteiger partial charge in [-0.1, -0.05) is 41.9 Å². The summed E-state index contributed by atoms with van der Waals surface area (Å²) in [4.78, 5) is 16.8. The van der Waals surface area contributed by atoms with Gasteiger partial charge in [0.25, 0.3) is 5.91 Å². The van der Waals surface area contributed by atoms with Crippen LogP contribution in [0.25, 0.3) is 11.3 Å². The van der Waals surface area contributed by atoms with Gasteiger partial charge in [-0.2, -0.15) is 0 Å². The van der Waals surface area contributed by atoms with E-state index in [4.69, 9.17) is 16.3 Å². The lowest BCUT2D eigenvalue weighted by atomic mass is 10.1. The Labute approximate surface area is 150 Å². The van der Waals surface area contributed by atoms with E-state index in [1.165, 1.54) is 19.3 Å². The Bertz CT molecular complexity index is 943. The maximum atomic E-state index is 12.5. The van der Waals surface area contributed by atoms with E-state index >= 15 is 0 Å². The van der Waals surface area contributed by atoms with Crippen LogP contribution < -0.4 is 10.1 Å². The molecule has 1 N–H and O–H groups in total. The van der Waals surface area contributed by atoms with E-state index in [0.717, 1.165) is 11.0 Å². The summed E-state index contributed by atoms with van der Waals surface area (Å²) in [5.74, 6) is -0.548. The lowest BCUT2D eigenvalue weighted by Crippen LogP contribution is -2.35. The number of sulfone groups is 1. The summed E-state index contributed by atoms with van der Waals surface area (Å²) >= 11 is 6.29. The zero-order valence-corrected chi connectivity index (χ0v) is 14.8. The summed E-state index contributed by atoms with van der Waals surface area (Å²) in [7, 11) is -1.85. The highest BCUT2D eigenvalue weighted by atomic mass is 35.5. The summed E-state index contributed by atoms with van der Waals surface area (Å²) in [6, 6.07) is 10.2. The fourth-order valence-corrected chi connectivity index (χ4v) is 4.00. The van der Waals surface area contributed by atoms with Gasteiger partial charge in [0.15, 0.2) is 9.84 Å². The van der Waals surface area contributed by atoms with Gasteiger partial charge in [-0.05, 0) is 12.1 Å². The molecule has 0 fully saturated rings. The summed E-state index contributed by atoms with van der Waals surface area (Å²) in [5, 5.41) is 4.02. The molecule has 1 aromatic carbocycles. The van der Waals surface area contributed by atoms with E-state index < -0.39 is 21.8 Å². The largest absolute Gasteiger partial charge is 0.480 e. The second kappa shape index (κ2) is 6.85. The Hall–Kier alpha value is -2.38. The molecule has 1 aromatic heterocycles. The van der Waals surface area contributed by atoms with Crippen molar-refractivity contribution in [3.63, 3.8) is 0 Å². The number of hydrogen-bond donors (Lipinski definition) is 1. The van der Waals surface area contributed by atoms with Crippen LogP contribution in [0.15, 0.2) is 47.9 Å². The van der Waals surface area contributed by atoms with Gasteiger partial charge >= 0.3 is 0 Å². The Kier molecular flexibility index (Phi) is 4.78. The lowest BCUT2D eigenvalue weighted by Gasteiger charge is -2.14. The SMILES string of the molecule is COc1nc(-c2ccccc2)c(Cl)cc1C(=O)N[C@@H]1C=CS(=O)(=O)C1. The van der Waals surface area contributed by atoms with Crippen molar-refractivity contribution in [1.82, 2.24) is 10.3 Å². The third kappa shape index (κ3) is 3.83. The Morgan fingerprint density at radius 3 is 2.64 bits per heavy atom. The monoisotopic (exact) mass is 378 g/mol. The molecule has 1 amide bonds. The van der Waals surface area contributed by atoms with Crippen molar-refractivity contribution in [1.29, 1.82) is 0 Å². The number of carbonyl (C=O) groups excluding carboxylic acids is 1. The molecule has 130 valence electrons. The molecule has 2 heterocycles. The van der Waals surface area contributed by atoms with Crippen LogP contribution in [0.2, 0.25) is 5.02 Å². The van der Waals surface area contributed by atoms with Gasteiger partial charge in [-0.3, -0.25) is 4.79 Å². The number of ether oxygens (including phenoxy) is 1. The van der Waals surface area contributed by atoms with E-state index in [2.05, 4.69) is 10.3 Å². The number of hydrogen-bond acceptors (Lipinski definition) is 5. The van der Waals surface area contributed by atoms with E-state index in [9.17, 15) is 13.2 Å². The number of amides is 1. The minimum absolute atomic E-state index is 0.116. The number of benzene rings is 1. The topological polar surface area (TPSA) is 85.4 Å². The number of halogens is 1. The van der Waals surface area contributed by atoms with Crippen LogP contribution in [0.1, 0.15) is 10.4 Å². The van der Waals surface area contributed by atoms with Crippen molar-refractivity contribution < 1.29 is 17.9 Å². The van der Waals surface area contributed by atoms with Crippen LogP contribution in [-0.2, 0) is 9.84 Å². The first kappa shape index (κ1) is 17.4. The fourth-order valence-electron chi connectivity index (χ4n) is 2.50. The van der Waals surface area contributed by atoms with Crippen LogP contribution in [0.5, 0.6) is 5.88 Å². The zero-order chi connectivity index (χ0) is 18.0. The maximum absolute atomic E-state index is 12.5. The van der Waals surface area contributed by atoms with E-state index in [0.29, 0.717) is 10.7 Å². The highest BCUT2D eigenvalue weighted by molar-refractivity contribution is 7.94. The molecule has 0 bridgehead atoms. The molecular weight excluding hydrogens is 364 g/mol. The number of pyridine rings is 1. The predicted molar refractivity (Wildman–Crippen MR) is 95.4 cm³/mol. The fraction of sp³-hybridized carbons (Fsp3) is 0.176. The van der Waals surface area contributed by atoms with Crippen molar-refractivity contribution in [2.24, 2.45) is 0 Å². The quantitative estimate of drug-likeness (QED) is 0.883. The second-order valence-corrected chi connectivity index (χ2v) is 7.82. The van der Waals surface area contributed by atoms with Gasteiger partial charge in [0.2, 0.25) is 5.88 Å². The summed E-state index contributed by atoms with van der Waals surface area (Å²) in [5.41, 5.74) is 1.44. The van der Waals surface area contributed by atoms with Crippen molar-refractivity contribution in [3.8, 4) is 17.1 Å².